The van der Waals surface area contributed by atoms with Gasteiger partial charge in [0, 0.05) is 6.04 Å². The highest BCUT2D eigenvalue weighted by Gasteiger charge is 2.29. The maximum Gasteiger partial charge on any atom is 0.141 e. The fourth-order valence-corrected chi connectivity index (χ4v) is 2.94. The molecule has 2 rings (SSSR count). The number of aliphatic hydroxyl groups is 1. The number of hydrogen-bond donors (Lipinski definition) is 2. The van der Waals surface area contributed by atoms with Crippen molar-refractivity contribution in [2.75, 3.05) is 6.61 Å². The number of rotatable bonds is 4. The van der Waals surface area contributed by atoms with Crippen LogP contribution in [0.2, 0.25) is 5.02 Å². The van der Waals surface area contributed by atoms with Gasteiger partial charge in [-0.15, -0.1) is 0 Å². The summed E-state index contributed by atoms with van der Waals surface area (Å²) in [5, 5.41) is 13.3. The molecule has 4 heteroatoms. The van der Waals surface area contributed by atoms with E-state index in [0.29, 0.717) is 6.04 Å². The summed E-state index contributed by atoms with van der Waals surface area (Å²) in [6.45, 7) is 1.90. The van der Waals surface area contributed by atoms with Gasteiger partial charge in [0.2, 0.25) is 0 Å². The molecule has 1 aliphatic carbocycles. The second kappa shape index (κ2) is 6.21. The molecule has 1 saturated carbocycles. The molecule has 0 heterocycles. The van der Waals surface area contributed by atoms with Gasteiger partial charge in [-0.05, 0) is 37.5 Å². The quantitative estimate of drug-likeness (QED) is 0.886. The number of halogens is 2. The smallest absolute Gasteiger partial charge is 0.141 e. The Hall–Kier alpha value is -0.640. The SMILES string of the molecule is CC(CO)(NC1CCCCC1)c1ccc(F)c(Cl)c1. The summed E-state index contributed by atoms with van der Waals surface area (Å²) < 4.78 is 13.2. The van der Waals surface area contributed by atoms with Gasteiger partial charge in [0.1, 0.15) is 5.82 Å². The Morgan fingerprint density at radius 2 is 2.05 bits per heavy atom. The molecule has 0 radical (unpaired) electrons. The van der Waals surface area contributed by atoms with E-state index in [2.05, 4.69) is 5.32 Å². The molecule has 19 heavy (non-hydrogen) atoms. The first-order valence-corrected chi connectivity index (χ1v) is 7.27. The molecule has 1 aromatic rings. The highest BCUT2D eigenvalue weighted by molar-refractivity contribution is 6.30. The highest BCUT2D eigenvalue weighted by atomic mass is 35.5. The Kier molecular flexibility index (Phi) is 4.82. The average molecular weight is 286 g/mol. The molecule has 1 aliphatic rings. The van der Waals surface area contributed by atoms with Gasteiger partial charge in [-0.25, -0.2) is 4.39 Å². The van der Waals surface area contributed by atoms with Crippen LogP contribution < -0.4 is 5.32 Å². The van der Waals surface area contributed by atoms with E-state index < -0.39 is 11.4 Å². The maximum absolute atomic E-state index is 13.2. The van der Waals surface area contributed by atoms with E-state index in [9.17, 15) is 9.50 Å². The van der Waals surface area contributed by atoms with Crippen LogP contribution in [0.4, 0.5) is 4.39 Å². The first-order chi connectivity index (χ1) is 9.05. The van der Waals surface area contributed by atoms with Crippen LogP contribution in [0.25, 0.3) is 0 Å². The first kappa shape index (κ1) is 14.8. The van der Waals surface area contributed by atoms with Crippen molar-refractivity contribution in [3.8, 4) is 0 Å². The van der Waals surface area contributed by atoms with Gasteiger partial charge in [0.25, 0.3) is 0 Å². The lowest BCUT2D eigenvalue weighted by Gasteiger charge is -2.36. The Morgan fingerprint density at radius 1 is 1.37 bits per heavy atom. The van der Waals surface area contributed by atoms with E-state index in [1.54, 1.807) is 12.1 Å². The molecular weight excluding hydrogens is 265 g/mol. The summed E-state index contributed by atoms with van der Waals surface area (Å²) >= 11 is 5.84. The number of hydrogen-bond acceptors (Lipinski definition) is 2. The maximum atomic E-state index is 13.2. The van der Waals surface area contributed by atoms with E-state index in [4.69, 9.17) is 11.6 Å². The summed E-state index contributed by atoms with van der Waals surface area (Å²) in [6.07, 6.45) is 6.00. The minimum Gasteiger partial charge on any atom is -0.394 e. The van der Waals surface area contributed by atoms with Crippen molar-refractivity contribution in [1.82, 2.24) is 5.32 Å². The predicted molar refractivity (Wildman–Crippen MR) is 75.9 cm³/mol. The van der Waals surface area contributed by atoms with E-state index in [0.717, 1.165) is 18.4 Å². The van der Waals surface area contributed by atoms with E-state index in [1.807, 2.05) is 6.92 Å². The van der Waals surface area contributed by atoms with Crippen LogP contribution >= 0.6 is 11.6 Å². The van der Waals surface area contributed by atoms with Crippen molar-refractivity contribution in [1.29, 1.82) is 0 Å². The topological polar surface area (TPSA) is 32.3 Å². The molecule has 0 aromatic heterocycles. The van der Waals surface area contributed by atoms with Crippen molar-refractivity contribution in [2.45, 2.75) is 50.6 Å². The molecule has 2 nitrogen and oxygen atoms in total. The van der Waals surface area contributed by atoms with Gasteiger partial charge in [-0.1, -0.05) is 36.9 Å². The lowest BCUT2D eigenvalue weighted by Crippen LogP contribution is -2.49. The lowest BCUT2D eigenvalue weighted by atomic mass is 9.88. The molecule has 0 amide bonds. The highest BCUT2D eigenvalue weighted by Crippen LogP contribution is 2.28. The third-order valence-electron chi connectivity index (χ3n) is 4.00. The van der Waals surface area contributed by atoms with E-state index >= 15 is 0 Å². The third-order valence-corrected chi connectivity index (χ3v) is 4.29. The fourth-order valence-electron chi connectivity index (χ4n) is 2.76. The predicted octanol–water partition coefficient (Wildman–Crippen LogP) is 3.61. The van der Waals surface area contributed by atoms with Gasteiger partial charge in [-0.2, -0.15) is 0 Å². The minimum atomic E-state index is -0.570. The van der Waals surface area contributed by atoms with Gasteiger partial charge in [0.05, 0.1) is 17.2 Å². The summed E-state index contributed by atoms with van der Waals surface area (Å²) in [5.74, 6) is -0.427. The Balaban J connectivity index is 2.17. The monoisotopic (exact) mass is 285 g/mol. The molecule has 0 spiro atoms. The molecular formula is C15H21ClFNO. The van der Waals surface area contributed by atoms with Crippen molar-refractivity contribution in [2.24, 2.45) is 0 Å². The normalized spacial score (nSPS) is 20.2. The van der Waals surface area contributed by atoms with Crippen LogP contribution in [-0.4, -0.2) is 17.8 Å². The summed E-state index contributed by atoms with van der Waals surface area (Å²) in [7, 11) is 0. The summed E-state index contributed by atoms with van der Waals surface area (Å²) in [5.41, 5.74) is 0.256. The molecule has 2 N–H and O–H groups in total. The van der Waals surface area contributed by atoms with E-state index in [-0.39, 0.29) is 11.6 Å². The average Bonchev–Trinajstić information content (AvgIpc) is 2.43. The summed E-state index contributed by atoms with van der Waals surface area (Å²) in [4.78, 5) is 0. The molecule has 0 saturated heterocycles. The lowest BCUT2D eigenvalue weighted by molar-refractivity contribution is 0.150. The zero-order chi connectivity index (χ0) is 13.9. The minimum absolute atomic E-state index is 0.0362. The van der Waals surface area contributed by atoms with E-state index in [1.165, 1.54) is 25.3 Å². The van der Waals surface area contributed by atoms with Crippen molar-refractivity contribution < 1.29 is 9.50 Å². The zero-order valence-corrected chi connectivity index (χ0v) is 12.0. The van der Waals surface area contributed by atoms with Gasteiger partial charge in [0.15, 0.2) is 0 Å². The molecule has 1 atom stereocenters. The number of nitrogens with one attached hydrogen (secondary N) is 1. The van der Waals surface area contributed by atoms with Crippen LogP contribution in [0.15, 0.2) is 18.2 Å². The Morgan fingerprint density at radius 3 is 2.63 bits per heavy atom. The summed E-state index contributed by atoms with van der Waals surface area (Å²) in [6, 6.07) is 5.05. The van der Waals surface area contributed by atoms with Crippen LogP contribution in [-0.2, 0) is 5.54 Å². The van der Waals surface area contributed by atoms with Crippen LogP contribution in [0.1, 0.15) is 44.6 Å². The zero-order valence-electron chi connectivity index (χ0n) is 11.3. The fraction of sp³-hybridized carbons (Fsp3) is 0.600. The molecule has 1 aromatic carbocycles. The number of aliphatic hydroxyl groups excluding tert-OH is 1. The van der Waals surface area contributed by atoms with Crippen molar-refractivity contribution in [3.63, 3.8) is 0 Å². The molecule has 0 bridgehead atoms. The van der Waals surface area contributed by atoms with Crippen molar-refractivity contribution >= 4 is 11.6 Å². The van der Waals surface area contributed by atoms with Crippen LogP contribution in [0, 0.1) is 5.82 Å². The van der Waals surface area contributed by atoms with Crippen molar-refractivity contribution in [3.05, 3.63) is 34.6 Å². The second-order valence-electron chi connectivity index (χ2n) is 5.60. The van der Waals surface area contributed by atoms with Crippen LogP contribution in [0.3, 0.4) is 0 Å². The molecule has 1 unspecified atom stereocenters. The largest absolute Gasteiger partial charge is 0.394 e. The molecule has 106 valence electrons. The van der Waals surface area contributed by atoms with Gasteiger partial charge in [-0.3, -0.25) is 0 Å². The standard InChI is InChI=1S/C15H21ClFNO/c1-15(10-19,18-12-5-3-2-4-6-12)11-7-8-14(17)13(16)9-11/h7-9,12,18-19H,2-6,10H2,1H3. The first-order valence-electron chi connectivity index (χ1n) is 6.89. The number of benzene rings is 1. The Bertz CT molecular complexity index is 434. The molecule has 1 fully saturated rings. The third kappa shape index (κ3) is 3.47. The molecule has 0 aliphatic heterocycles. The van der Waals surface area contributed by atoms with Crippen LogP contribution in [0.5, 0.6) is 0 Å². The van der Waals surface area contributed by atoms with Gasteiger partial charge < -0.3 is 10.4 Å². The van der Waals surface area contributed by atoms with Gasteiger partial charge >= 0.3 is 0 Å². The second-order valence-corrected chi connectivity index (χ2v) is 6.01. The Labute approximate surface area is 119 Å².